The monoisotopic (exact) mass is 842 g/mol. The Hall–Kier alpha value is -6.20. The molecule has 0 radical (unpaired) electrons. The molecule has 324 valence electrons. The molecule has 2 aromatic carbocycles. The van der Waals surface area contributed by atoms with E-state index in [1.165, 1.54) is 39.3 Å². The van der Waals surface area contributed by atoms with Crippen molar-refractivity contribution in [2.45, 2.75) is 111 Å². The van der Waals surface area contributed by atoms with Gasteiger partial charge in [-0.3, -0.25) is 4.99 Å². The van der Waals surface area contributed by atoms with Crippen LogP contribution in [0.2, 0.25) is 0 Å². The van der Waals surface area contributed by atoms with Gasteiger partial charge < -0.3 is 13.9 Å². The number of amidine groups is 1. The number of likely N-dealkylation sites (tertiary alicyclic amines) is 1. The summed E-state index contributed by atoms with van der Waals surface area (Å²) in [5, 5.41) is 2.30. The van der Waals surface area contributed by atoms with Gasteiger partial charge >= 0.3 is 0 Å². The van der Waals surface area contributed by atoms with Gasteiger partial charge in [-0.15, -0.1) is 0 Å². The van der Waals surface area contributed by atoms with Crippen molar-refractivity contribution < 1.29 is 4.42 Å². The van der Waals surface area contributed by atoms with Gasteiger partial charge in [0.1, 0.15) is 11.3 Å². The summed E-state index contributed by atoms with van der Waals surface area (Å²) in [5.41, 5.74) is 14.2. The van der Waals surface area contributed by atoms with Crippen LogP contribution in [0.3, 0.4) is 0 Å². The highest BCUT2D eigenvalue weighted by atomic mass is 16.3. The van der Waals surface area contributed by atoms with Crippen molar-refractivity contribution in [3.8, 4) is 0 Å². The zero-order valence-corrected chi connectivity index (χ0v) is 38.7. The molecule has 2 aromatic heterocycles. The molecule has 5 nitrogen and oxygen atoms in total. The molecule has 4 aliphatic carbocycles. The molecule has 10 rings (SSSR count). The number of aromatic nitrogens is 1. The third-order valence-electron chi connectivity index (χ3n) is 14.6. The first kappa shape index (κ1) is 41.8. The fourth-order valence-corrected chi connectivity index (χ4v) is 11.4. The summed E-state index contributed by atoms with van der Waals surface area (Å²) in [4.78, 5) is 13.7. The highest BCUT2D eigenvalue weighted by Crippen LogP contribution is 2.54. The number of hydrogen-bond acceptors (Lipinski definition) is 4. The van der Waals surface area contributed by atoms with E-state index in [2.05, 4.69) is 204 Å². The minimum Gasteiger partial charge on any atom is -0.456 e. The lowest BCUT2D eigenvalue weighted by molar-refractivity contribution is 0.189. The fourth-order valence-electron chi connectivity index (χ4n) is 11.4. The van der Waals surface area contributed by atoms with Gasteiger partial charge in [0.05, 0.1) is 28.2 Å². The third kappa shape index (κ3) is 6.90. The number of rotatable bonds is 10. The first-order valence-corrected chi connectivity index (χ1v) is 23.9. The van der Waals surface area contributed by atoms with Crippen LogP contribution in [-0.2, 0) is 0 Å². The molecule has 0 amide bonds. The van der Waals surface area contributed by atoms with Crippen LogP contribution >= 0.6 is 0 Å². The van der Waals surface area contributed by atoms with E-state index in [4.69, 9.17) is 14.4 Å². The zero-order chi connectivity index (χ0) is 44.1. The molecule has 2 aliphatic heterocycles. The second-order valence-corrected chi connectivity index (χ2v) is 18.6. The van der Waals surface area contributed by atoms with E-state index in [0.29, 0.717) is 12.5 Å². The smallest absolute Gasteiger partial charge is 0.151 e. The van der Waals surface area contributed by atoms with Crippen LogP contribution in [0.15, 0.2) is 165 Å². The lowest BCUT2D eigenvalue weighted by Crippen LogP contribution is -2.44. The molecule has 0 bridgehead atoms. The molecule has 1 saturated heterocycles. The van der Waals surface area contributed by atoms with E-state index >= 15 is 0 Å². The number of benzene rings is 2. The molecule has 5 unspecified atom stereocenters. The molecule has 0 spiro atoms. The van der Waals surface area contributed by atoms with Gasteiger partial charge in [0.25, 0.3) is 0 Å². The van der Waals surface area contributed by atoms with Gasteiger partial charge in [-0.05, 0) is 108 Å². The number of aryl methyl sites for hydroxylation is 1. The SMILES string of the molecule is C/C=C\C1C2=CC(n3c4c(c5c6oc(/C=C\CC)c(C)c6cc(C6=NC(/C(C)=C/C=C\CC)=NC(c7ccccc7)C6)c53)C=CC3C=CC=CC43)=CC[C@@]2(C)N(C2=CCCC=C2)C1C. The summed E-state index contributed by atoms with van der Waals surface area (Å²) in [6.07, 6.45) is 47.6. The third-order valence-corrected chi connectivity index (χ3v) is 14.6. The van der Waals surface area contributed by atoms with E-state index in [0.717, 1.165) is 82.5 Å². The predicted molar refractivity (Wildman–Crippen MR) is 272 cm³/mol. The van der Waals surface area contributed by atoms with Crippen molar-refractivity contribution in [2.24, 2.45) is 21.8 Å². The first-order chi connectivity index (χ1) is 31.2. The summed E-state index contributed by atoms with van der Waals surface area (Å²) in [6.45, 7) is 15.8. The largest absolute Gasteiger partial charge is 0.456 e. The summed E-state index contributed by atoms with van der Waals surface area (Å²) in [5.74, 6) is 2.39. The minimum atomic E-state index is -0.161. The van der Waals surface area contributed by atoms with Gasteiger partial charge in [0.2, 0.25) is 0 Å². The first-order valence-electron chi connectivity index (χ1n) is 23.9. The number of furan rings is 1. The topological polar surface area (TPSA) is 46.0 Å². The summed E-state index contributed by atoms with van der Waals surface area (Å²) >= 11 is 0. The molecule has 64 heavy (non-hydrogen) atoms. The average molecular weight is 843 g/mol. The van der Waals surface area contributed by atoms with E-state index in [1.807, 2.05) is 0 Å². The molecule has 4 heterocycles. The van der Waals surface area contributed by atoms with Crippen LogP contribution in [0.1, 0.15) is 126 Å². The van der Waals surface area contributed by atoms with Gasteiger partial charge in [0, 0.05) is 69.4 Å². The molecule has 0 N–H and O–H groups in total. The van der Waals surface area contributed by atoms with Crippen LogP contribution in [0.25, 0.3) is 39.7 Å². The van der Waals surface area contributed by atoms with Gasteiger partial charge in [0.15, 0.2) is 5.84 Å². The maximum absolute atomic E-state index is 7.08. The van der Waals surface area contributed by atoms with Crippen molar-refractivity contribution in [3.05, 3.63) is 184 Å². The molecule has 0 saturated carbocycles. The van der Waals surface area contributed by atoms with Crippen molar-refractivity contribution >= 4 is 51.3 Å². The van der Waals surface area contributed by atoms with Crippen molar-refractivity contribution in [3.63, 3.8) is 0 Å². The number of fused-ring (bicyclic) bond motifs is 8. The van der Waals surface area contributed by atoms with Crippen LogP contribution in [0, 0.1) is 18.8 Å². The molecule has 6 aliphatic rings. The molecule has 5 heteroatoms. The number of hydrogen-bond donors (Lipinski definition) is 0. The zero-order valence-electron chi connectivity index (χ0n) is 38.7. The number of nitrogens with zero attached hydrogens (tertiary/aromatic N) is 4. The van der Waals surface area contributed by atoms with Crippen LogP contribution in [0.4, 0.5) is 0 Å². The van der Waals surface area contributed by atoms with Gasteiger partial charge in [-0.1, -0.05) is 135 Å². The maximum atomic E-state index is 7.08. The maximum Gasteiger partial charge on any atom is 0.151 e. The average Bonchev–Trinajstić information content (AvgIpc) is 3.92. The molecule has 6 atom stereocenters. The Bertz CT molecular complexity index is 2940. The Morgan fingerprint density at radius 1 is 0.984 bits per heavy atom. The van der Waals surface area contributed by atoms with Gasteiger partial charge in [-0.2, -0.15) is 0 Å². The van der Waals surface area contributed by atoms with E-state index in [9.17, 15) is 0 Å². The summed E-state index contributed by atoms with van der Waals surface area (Å²) < 4.78 is 9.73. The number of aliphatic imine (C=N–C) groups is 2. The standard InChI is InChI=1S/C59H62N4O/c1-8-11-15-23-38(4)58-60-51(42-25-16-13-17-26-42)37-52(61-58)49-36-48-39(5)53(30-12-9-2)64-57(48)54-47-32-31-41-24-20-21-29-46(41)55(47)62(56(49)54)44-33-34-59(7)50(35-44)45(22-10-3)40(6)63(59)43-27-18-14-19-28-43/h10-13,15-18,20-33,35-36,40-41,45-46,51H,8-9,14,19,34,37H2,1-7H3/b15-11-,22-10-,30-12-,38-23+/t40?,41?,45?,46?,51?,59-/m1/s1. The van der Waals surface area contributed by atoms with Crippen molar-refractivity contribution in [1.82, 2.24) is 9.47 Å². The lowest BCUT2D eigenvalue weighted by Gasteiger charge is -2.42. The normalized spacial score (nSPS) is 26.5. The fraction of sp³-hybridized carbons (Fsp3) is 0.322. The van der Waals surface area contributed by atoms with Crippen LogP contribution in [-0.4, -0.2) is 32.6 Å². The Kier molecular flexibility index (Phi) is 11.1. The highest BCUT2D eigenvalue weighted by Gasteiger charge is 2.51. The molecular formula is C59H62N4O. The highest BCUT2D eigenvalue weighted by molar-refractivity contribution is 6.24. The van der Waals surface area contributed by atoms with Crippen LogP contribution in [0.5, 0.6) is 0 Å². The van der Waals surface area contributed by atoms with E-state index < -0.39 is 0 Å². The van der Waals surface area contributed by atoms with E-state index in [-0.39, 0.29) is 29.3 Å². The minimum absolute atomic E-state index is 0.0809. The Balaban J connectivity index is 1.28. The molecular weight excluding hydrogens is 781 g/mol. The van der Waals surface area contributed by atoms with Crippen LogP contribution < -0.4 is 0 Å². The molecule has 1 fully saturated rings. The second-order valence-electron chi connectivity index (χ2n) is 18.6. The summed E-state index contributed by atoms with van der Waals surface area (Å²) in [7, 11) is 0. The van der Waals surface area contributed by atoms with Gasteiger partial charge in [-0.25, -0.2) is 4.99 Å². The lowest BCUT2D eigenvalue weighted by atomic mass is 9.78. The predicted octanol–water partition coefficient (Wildman–Crippen LogP) is 15.3. The quantitative estimate of drug-likeness (QED) is 0.118. The second kappa shape index (κ2) is 17.1. The van der Waals surface area contributed by atoms with Crippen molar-refractivity contribution in [1.29, 1.82) is 0 Å². The number of allylic oxidation sites excluding steroid dienone is 15. The Morgan fingerprint density at radius 2 is 1.81 bits per heavy atom. The molecule has 4 aromatic rings. The Labute approximate surface area is 380 Å². The van der Waals surface area contributed by atoms with E-state index in [1.54, 1.807) is 0 Å². The Morgan fingerprint density at radius 3 is 2.59 bits per heavy atom. The van der Waals surface area contributed by atoms with Crippen molar-refractivity contribution in [2.75, 3.05) is 0 Å². The summed E-state index contributed by atoms with van der Waals surface area (Å²) in [6, 6.07) is 13.4.